The number of rotatable bonds is 4. The van der Waals surface area contributed by atoms with Gasteiger partial charge >= 0.3 is 18.0 Å². The summed E-state index contributed by atoms with van der Waals surface area (Å²) >= 11 is 0. The third-order valence-electron chi connectivity index (χ3n) is 9.31. The second kappa shape index (κ2) is 10.4. The number of fused-ring (bicyclic) bond motifs is 3. The van der Waals surface area contributed by atoms with E-state index < -0.39 is 107 Å². The Bertz CT molecular complexity index is 1750. The lowest BCUT2D eigenvalue weighted by Gasteiger charge is -2.44. The van der Waals surface area contributed by atoms with Crippen LogP contribution in [0.2, 0.25) is 0 Å². The van der Waals surface area contributed by atoms with Crippen LogP contribution in [0.4, 0.5) is 35.1 Å². The largest absolute Gasteiger partial charge is 0.435 e. The minimum absolute atomic E-state index is 0.0768. The van der Waals surface area contributed by atoms with Crippen molar-refractivity contribution in [1.29, 1.82) is 0 Å². The minimum Gasteiger partial charge on any atom is -0.380 e. The number of carbonyl (C=O) groups excluding carboxylic acids is 1. The molecule has 0 bridgehead atoms. The van der Waals surface area contributed by atoms with E-state index in [1.165, 1.54) is 6.92 Å². The van der Waals surface area contributed by atoms with Gasteiger partial charge in [-0.25, -0.2) is 25.6 Å². The molecule has 0 spiro atoms. The highest BCUT2D eigenvalue weighted by molar-refractivity contribution is 7.92. The van der Waals surface area contributed by atoms with E-state index in [0.29, 0.717) is 18.2 Å². The van der Waals surface area contributed by atoms with Crippen molar-refractivity contribution >= 4 is 25.6 Å². The summed E-state index contributed by atoms with van der Waals surface area (Å²) in [5, 5.41) is 11.2. The van der Waals surface area contributed by atoms with E-state index in [4.69, 9.17) is 0 Å². The number of benzene rings is 2. The molecule has 2 atom stereocenters. The molecule has 2 saturated heterocycles. The lowest BCUT2D eigenvalue weighted by Crippen LogP contribution is -2.58. The van der Waals surface area contributed by atoms with E-state index in [1.54, 1.807) is 0 Å². The number of likely N-dealkylation sites (tertiary alicyclic amines) is 1. The van der Waals surface area contributed by atoms with E-state index in [-0.39, 0.29) is 42.1 Å². The molecule has 2 unspecified atom stereocenters. The van der Waals surface area contributed by atoms with E-state index in [9.17, 15) is 61.9 Å². The number of nitrogens with zero attached hydrogens (tertiary/aromatic N) is 1. The lowest BCUT2D eigenvalue weighted by atomic mass is 9.76. The second-order valence-corrected chi connectivity index (χ2v) is 16.3. The van der Waals surface area contributed by atoms with Crippen molar-refractivity contribution in [1.82, 2.24) is 4.90 Å². The number of amides is 1. The molecule has 2 aliphatic heterocycles. The van der Waals surface area contributed by atoms with Gasteiger partial charge in [-0.3, -0.25) is 4.79 Å². The van der Waals surface area contributed by atoms with Crippen molar-refractivity contribution in [3.63, 3.8) is 0 Å². The molecule has 0 aromatic heterocycles. The third-order valence-corrected chi connectivity index (χ3v) is 13.5. The first-order chi connectivity index (χ1) is 20.5. The number of aryl methyl sites for hydroxylation is 2. The normalized spacial score (nSPS) is 25.0. The van der Waals surface area contributed by atoms with Crippen LogP contribution in [0.25, 0.3) is 0 Å². The molecular formula is C28H27F8NO6S2. The SMILES string of the molecule is Cc1ccc(S(=O)(=O)C23CCN(C(=O)C4(O)CCS(=O)(=O)CC4)C2CCc2cc(C(F)(C(F)(F)F)C(F)(F)F)ccc23)cc1F. The van der Waals surface area contributed by atoms with Gasteiger partial charge in [-0.2, -0.15) is 26.3 Å². The third kappa shape index (κ3) is 4.94. The van der Waals surface area contributed by atoms with Crippen LogP contribution >= 0.6 is 0 Å². The summed E-state index contributed by atoms with van der Waals surface area (Å²) in [6.07, 6.45) is -15.0. The van der Waals surface area contributed by atoms with Crippen LogP contribution in [0.5, 0.6) is 0 Å². The number of aliphatic hydroxyl groups is 1. The molecule has 0 saturated carbocycles. The fourth-order valence-corrected chi connectivity index (χ4v) is 10.7. The first-order valence-corrected chi connectivity index (χ1v) is 17.0. The Morgan fingerprint density at radius 2 is 1.56 bits per heavy atom. The first-order valence-electron chi connectivity index (χ1n) is 13.7. The van der Waals surface area contributed by atoms with E-state index in [1.807, 2.05) is 0 Å². The van der Waals surface area contributed by atoms with Crippen LogP contribution in [-0.4, -0.2) is 74.8 Å². The zero-order valence-corrected chi connectivity index (χ0v) is 25.1. The van der Waals surface area contributed by atoms with Crippen molar-refractivity contribution in [2.45, 2.75) is 78.3 Å². The molecule has 17 heteroatoms. The summed E-state index contributed by atoms with van der Waals surface area (Å²) in [6.45, 7) is 1.00. The number of sulfone groups is 2. The van der Waals surface area contributed by atoms with Crippen LogP contribution < -0.4 is 0 Å². The Balaban J connectivity index is 1.69. The summed E-state index contributed by atoms with van der Waals surface area (Å²) in [5.74, 6) is -2.94. The van der Waals surface area contributed by atoms with Gasteiger partial charge in [-0.15, -0.1) is 0 Å². The van der Waals surface area contributed by atoms with Crippen molar-refractivity contribution in [2.24, 2.45) is 0 Å². The maximum atomic E-state index is 15.0. The van der Waals surface area contributed by atoms with Gasteiger partial charge in [-0.05, 0) is 67.9 Å². The first kappa shape index (κ1) is 33.6. The predicted octanol–water partition coefficient (Wildman–Crippen LogP) is 4.58. The summed E-state index contributed by atoms with van der Waals surface area (Å²) in [6, 6.07) is 2.80. The molecule has 45 heavy (non-hydrogen) atoms. The van der Waals surface area contributed by atoms with Gasteiger partial charge in [0, 0.05) is 12.1 Å². The van der Waals surface area contributed by atoms with Crippen molar-refractivity contribution < 1.29 is 61.9 Å². The number of halogens is 8. The standard InChI is InChI=1S/C28H27F8NO6S2/c1-16-2-5-19(15-21(16)29)45(42,43)25-8-11-37(23(38)24(39)9-12-44(40,41)13-10-24)22(25)7-3-17-14-18(4-6-20(17)25)26(30,27(31,32)33)28(34,35)36/h2,4-6,14-15,22,39H,3,7-13H2,1H3. The highest BCUT2D eigenvalue weighted by Crippen LogP contribution is 2.57. The average molecular weight is 690 g/mol. The summed E-state index contributed by atoms with van der Waals surface area (Å²) in [5.41, 5.74) is -10.3. The Hall–Kier alpha value is -2.79. The lowest BCUT2D eigenvalue weighted by molar-refractivity contribution is -0.348. The molecule has 1 amide bonds. The molecule has 2 aromatic rings. The molecule has 248 valence electrons. The van der Waals surface area contributed by atoms with Gasteiger partial charge < -0.3 is 10.0 Å². The molecule has 1 N–H and O–H groups in total. The smallest absolute Gasteiger partial charge is 0.380 e. The van der Waals surface area contributed by atoms with Gasteiger partial charge in [0.1, 0.15) is 16.2 Å². The van der Waals surface area contributed by atoms with Gasteiger partial charge in [0.05, 0.1) is 22.4 Å². The van der Waals surface area contributed by atoms with Crippen molar-refractivity contribution in [2.75, 3.05) is 18.1 Å². The summed E-state index contributed by atoms with van der Waals surface area (Å²) in [7, 11) is -8.35. The maximum Gasteiger partial charge on any atom is 0.435 e. The molecule has 5 rings (SSSR count). The molecule has 2 heterocycles. The van der Waals surface area contributed by atoms with Crippen molar-refractivity contribution in [3.8, 4) is 0 Å². The van der Waals surface area contributed by atoms with Crippen LogP contribution in [-0.2, 0) is 41.3 Å². The van der Waals surface area contributed by atoms with Crippen LogP contribution in [0.3, 0.4) is 0 Å². The Morgan fingerprint density at radius 3 is 2.11 bits per heavy atom. The molecule has 3 aliphatic rings. The highest BCUT2D eigenvalue weighted by atomic mass is 32.2. The summed E-state index contributed by atoms with van der Waals surface area (Å²) in [4.78, 5) is 14.2. The molecule has 0 radical (unpaired) electrons. The second-order valence-electron chi connectivity index (χ2n) is 11.8. The number of hydrogen-bond acceptors (Lipinski definition) is 6. The molecule has 7 nitrogen and oxygen atoms in total. The number of alkyl halides is 7. The van der Waals surface area contributed by atoms with Crippen LogP contribution in [0.15, 0.2) is 41.3 Å². The van der Waals surface area contributed by atoms with Gasteiger partial charge in [0.2, 0.25) is 0 Å². The Labute approximate surface area is 253 Å². The topological polar surface area (TPSA) is 109 Å². The monoisotopic (exact) mass is 689 g/mol. The van der Waals surface area contributed by atoms with E-state index in [0.717, 1.165) is 17.0 Å². The molecule has 2 aromatic carbocycles. The number of hydrogen-bond donors (Lipinski definition) is 1. The summed E-state index contributed by atoms with van der Waals surface area (Å²) < 4.78 is 161. The average Bonchev–Trinajstić information content (AvgIpc) is 3.35. The van der Waals surface area contributed by atoms with Gasteiger partial charge in [0.25, 0.3) is 5.91 Å². The fourth-order valence-electron chi connectivity index (χ4n) is 6.78. The van der Waals surface area contributed by atoms with Gasteiger partial charge in [0.15, 0.2) is 19.7 Å². The van der Waals surface area contributed by atoms with Crippen molar-refractivity contribution in [3.05, 3.63) is 64.5 Å². The Kier molecular flexibility index (Phi) is 7.73. The van der Waals surface area contributed by atoms with Crippen LogP contribution in [0.1, 0.15) is 47.9 Å². The molecule has 1 aliphatic carbocycles. The Morgan fingerprint density at radius 1 is 0.956 bits per heavy atom. The minimum atomic E-state index is -6.42. The quantitative estimate of drug-likeness (QED) is 0.472. The van der Waals surface area contributed by atoms with Gasteiger partial charge in [-0.1, -0.05) is 24.3 Å². The fraction of sp³-hybridized carbons (Fsp3) is 0.536. The van der Waals surface area contributed by atoms with E-state index in [2.05, 4.69) is 0 Å². The van der Waals surface area contributed by atoms with E-state index >= 15 is 0 Å². The highest BCUT2D eigenvalue weighted by Gasteiger charge is 2.74. The number of carbonyl (C=O) groups is 1. The maximum absolute atomic E-state index is 15.0. The zero-order chi connectivity index (χ0) is 33.6. The molecular weight excluding hydrogens is 662 g/mol. The zero-order valence-electron chi connectivity index (χ0n) is 23.5. The predicted molar refractivity (Wildman–Crippen MR) is 143 cm³/mol. The van der Waals surface area contributed by atoms with Crippen LogP contribution in [0, 0.1) is 12.7 Å². The molecule has 2 fully saturated rings.